The molecule has 0 aliphatic heterocycles. The minimum absolute atomic E-state index is 0.166. The van der Waals surface area contributed by atoms with Crippen LogP contribution in [0.4, 0.5) is 0 Å². The number of rotatable bonds is 3. The third-order valence-corrected chi connectivity index (χ3v) is 3.07. The van der Waals surface area contributed by atoms with Crippen LogP contribution in [-0.2, 0) is 11.8 Å². The minimum Gasteiger partial charge on any atom is -0.192 e. The Labute approximate surface area is 116 Å². The Morgan fingerprint density at radius 2 is 1.68 bits per heavy atom. The summed E-state index contributed by atoms with van der Waals surface area (Å²) in [6, 6.07) is 12.4. The molecule has 0 spiro atoms. The average Bonchev–Trinajstić information content (AvgIpc) is 2.35. The van der Waals surface area contributed by atoms with E-state index in [1.54, 1.807) is 6.08 Å². The molecule has 1 aromatic rings. The molecule has 2 heteroatoms. The van der Waals surface area contributed by atoms with Gasteiger partial charge in [0.15, 0.2) is 0 Å². The van der Waals surface area contributed by atoms with Crippen molar-refractivity contribution in [3.8, 4) is 12.1 Å². The largest absolute Gasteiger partial charge is 0.192 e. The van der Waals surface area contributed by atoms with E-state index in [-0.39, 0.29) is 16.9 Å². The maximum atomic E-state index is 8.73. The first-order chi connectivity index (χ1) is 8.86. The van der Waals surface area contributed by atoms with Gasteiger partial charge in [-0.2, -0.15) is 10.5 Å². The third kappa shape index (κ3) is 4.60. The first-order valence-electron chi connectivity index (χ1n) is 6.48. The predicted octanol–water partition coefficient (Wildman–Crippen LogP) is 4.14. The van der Waals surface area contributed by atoms with Crippen molar-refractivity contribution >= 4 is 0 Å². The van der Waals surface area contributed by atoms with Crippen LogP contribution in [-0.4, -0.2) is 0 Å². The topological polar surface area (TPSA) is 47.6 Å². The second kappa shape index (κ2) is 6.21. The van der Waals surface area contributed by atoms with Crippen LogP contribution in [0, 0.1) is 28.6 Å². The van der Waals surface area contributed by atoms with Crippen molar-refractivity contribution in [2.45, 2.75) is 39.5 Å². The highest BCUT2D eigenvalue weighted by Gasteiger charge is 2.13. The summed E-state index contributed by atoms with van der Waals surface area (Å²) in [5.41, 5.74) is 2.90. The van der Waals surface area contributed by atoms with Gasteiger partial charge in [-0.1, -0.05) is 58.0 Å². The fraction of sp³-hybridized carbons (Fsp3) is 0.412. The molecule has 0 aromatic heterocycles. The molecular weight excluding hydrogens is 232 g/mol. The van der Waals surface area contributed by atoms with E-state index in [0.717, 1.165) is 6.42 Å². The SMILES string of the molecule is CC(C=C(C#N)C#N)Cc1ccc(C(C)(C)C)cc1. The van der Waals surface area contributed by atoms with Gasteiger partial charge in [-0.05, 0) is 28.9 Å². The standard InChI is InChI=1S/C17H20N2/c1-13(10-15(11-18)12-19)9-14-5-7-16(8-6-14)17(2,3)4/h5-8,10,13H,9H2,1-4H3. The molecule has 0 bridgehead atoms. The molecule has 0 heterocycles. The van der Waals surface area contributed by atoms with Crippen LogP contribution < -0.4 is 0 Å². The summed E-state index contributed by atoms with van der Waals surface area (Å²) in [6.45, 7) is 8.60. The Balaban J connectivity index is 2.78. The van der Waals surface area contributed by atoms with Crippen LogP contribution in [0.2, 0.25) is 0 Å². The molecule has 1 aromatic carbocycles. The van der Waals surface area contributed by atoms with Crippen molar-refractivity contribution < 1.29 is 0 Å². The lowest BCUT2D eigenvalue weighted by atomic mass is 9.86. The van der Waals surface area contributed by atoms with Crippen LogP contribution in [0.3, 0.4) is 0 Å². The van der Waals surface area contributed by atoms with Gasteiger partial charge in [-0.3, -0.25) is 0 Å². The number of hydrogen-bond donors (Lipinski definition) is 0. The number of nitrogens with zero attached hydrogens (tertiary/aromatic N) is 2. The van der Waals surface area contributed by atoms with E-state index in [0.29, 0.717) is 0 Å². The lowest BCUT2D eigenvalue weighted by Crippen LogP contribution is -2.10. The molecule has 0 aliphatic rings. The number of allylic oxidation sites excluding steroid dienone is 2. The van der Waals surface area contributed by atoms with E-state index in [2.05, 4.69) is 45.0 Å². The van der Waals surface area contributed by atoms with Gasteiger partial charge in [0.25, 0.3) is 0 Å². The molecule has 1 unspecified atom stereocenters. The molecule has 19 heavy (non-hydrogen) atoms. The van der Waals surface area contributed by atoms with E-state index in [1.165, 1.54) is 11.1 Å². The maximum absolute atomic E-state index is 8.73. The van der Waals surface area contributed by atoms with Gasteiger partial charge < -0.3 is 0 Å². The first kappa shape index (κ1) is 15.0. The fourth-order valence-electron chi connectivity index (χ4n) is 1.96. The second-order valence-electron chi connectivity index (χ2n) is 5.93. The van der Waals surface area contributed by atoms with E-state index >= 15 is 0 Å². The molecule has 98 valence electrons. The molecule has 0 saturated carbocycles. The van der Waals surface area contributed by atoms with Gasteiger partial charge in [0, 0.05) is 0 Å². The lowest BCUT2D eigenvalue weighted by Gasteiger charge is -2.19. The van der Waals surface area contributed by atoms with Crippen LogP contribution in [0.5, 0.6) is 0 Å². The van der Waals surface area contributed by atoms with Gasteiger partial charge in [0.2, 0.25) is 0 Å². The van der Waals surface area contributed by atoms with Crippen LogP contribution >= 0.6 is 0 Å². The van der Waals surface area contributed by atoms with E-state index < -0.39 is 0 Å². The molecule has 1 atom stereocenters. The van der Waals surface area contributed by atoms with Gasteiger partial charge in [-0.25, -0.2) is 0 Å². The molecule has 0 N–H and O–H groups in total. The van der Waals surface area contributed by atoms with Crippen LogP contribution in [0.25, 0.3) is 0 Å². The summed E-state index contributed by atoms with van der Waals surface area (Å²) >= 11 is 0. The van der Waals surface area contributed by atoms with Gasteiger partial charge in [-0.15, -0.1) is 0 Å². The Kier molecular flexibility index (Phi) is 4.90. The first-order valence-corrected chi connectivity index (χ1v) is 6.48. The maximum Gasteiger partial charge on any atom is 0.125 e. The van der Waals surface area contributed by atoms with Crippen LogP contribution in [0.1, 0.15) is 38.8 Å². The highest BCUT2D eigenvalue weighted by atomic mass is 14.3. The number of hydrogen-bond acceptors (Lipinski definition) is 2. The minimum atomic E-state index is 0.166. The van der Waals surface area contributed by atoms with Crippen molar-refractivity contribution in [1.29, 1.82) is 10.5 Å². The Morgan fingerprint density at radius 1 is 1.16 bits per heavy atom. The number of benzene rings is 1. The molecule has 0 saturated heterocycles. The highest BCUT2D eigenvalue weighted by molar-refractivity contribution is 5.36. The van der Waals surface area contributed by atoms with Crippen molar-refractivity contribution in [2.75, 3.05) is 0 Å². The molecule has 0 amide bonds. The third-order valence-electron chi connectivity index (χ3n) is 3.07. The van der Waals surface area contributed by atoms with Crippen molar-refractivity contribution in [3.05, 3.63) is 47.0 Å². The van der Waals surface area contributed by atoms with Crippen molar-refractivity contribution in [2.24, 2.45) is 5.92 Å². The average molecular weight is 252 g/mol. The normalized spacial score (nSPS) is 12.1. The zero-order chi connectivity index (χ0) is 14.5. The summed E-state index contributed by atoms with van der Waals surface area (Å²) in [5, 5.41) is 17.5. The predicted molar refractivity (Wildman–Crippen MR) is 77.3 cm³/mol. The Bertz CT molecular complexity index is 515. The molecule has 2 nitrogen and oxygen atoms in total. The molecule has 0 radical (unpaired) electrons. The van der Waals surface area contributed by atoms with Gasteiger partial charge in [0.1, 0.15) is 17.7 Å². The lowest BCUT2D eigenvalue weighted by molar-refractivity contribution is 0.589. The number of nitriles is 2. The Morgan fingerprint density at radius 3 is 2.11 bits per heavy atom. The molecule has 1 rings (SSSR count). The molecule has 0 aliphatic carbocycles. The summed E-state index contributed by atoms with van der Waals surface area (Å²) in [5.74, 6) is 0.190. The van der Waals surface area contributed by atoms with Crippen molar-refractivity contribution in [3.63, 3.8) is 0 Å². The smallest absolute Gasteiger partial charge is 0.125 e. The van der Waals surface area contributed by atoms with E-state index in [1.807, 2.05) is 19.1 Å². The van der Waals surface area contributed by atoms with Gasteiger partial charge >= 0.3 is 0 Å². The zero-order valence-corrected chi connectivity index (χ0v) is 12.1. The van der Waals surface area contributed by atoms with E-state index in [4.69, 9.17) is 10.5 Å². The quantitative estimate of drug-likeness (QED) is 0.759. The summed E-state index contributed by atoms with van der Waals surface area (Å²) in [7, 11) is 0. The summed E-state index contributed by atoms with van der Waals surface area (Å²) in [6.07, 6.45) is 2.58. The molecular formula is C17H20N2. The van der Waals surface area contributed by atoms with E-state index in [9.17, 15) is 0 Å². The second-order valence-corrected chi connectivity index (χ2v) is 5.93. The van der Waals surface area contributed by atoms with Gasteiger partial charge in [0.05, 0.1) is 0 Å². The zero-order valence-electron chi connectivity index (χ0n) is 12.1. The fourth-order valence-corrected chi connectivity index (χ4v) is 1.96. The summed E-state index contributed by atoms with van der Waals surface area (Å²) in [4.78, 5) is 0. The molecule has 0 fully saturated rings. The monoisotopic (exact) mass is 252 g/mol. The Hall–Kier alpha value is -2.06. The van der Waals surface area contributed by atoms with Crippen LogP contribution in [0.15, 0.2) is 35.9 Å². The summed E-state index contributed by atoms with van der Waals surface area (Å²) < 4.78 is 0. The highest BCUT2D eigenvalue weighted by Crippen LogP contribution is 2.23. The van der Waals surface area contributed by atoms with Crippen molar-refractivity contribution in [1.82, 2.24) is 0 Å².